The van der Waals surface area contributed by atoms with Gasteiger partial charge in [0.2, 0.25) is 11.9 Å². The Morgan fingerprint density at radius 2 is 1.88 bits per heavy atom. The molecule has 1 fully saturated rings. The highest BCUT2D eigenvalue weighted by atomic mass is 19.4. The molecular formula is C18H19F3N4O. The number of para-hydroxylation sites is 1. The van der Waals surface area contributed by atoms with Crippen molar-refractivity contribution < 1.29 is 18.0 Å². The van der Waals surface area contributed by atoms with E-state index >= 15 is 0 Å². The summed E-state index contributed by atoms with van der Waals surface area (Å²) in [5, 5.41) is 2.44. The first-order chi connectivity index (χ1) is 12.3. The summed E-state index contributed by atoms with van der Waals surface area (Å²) < 4.78 is 39.1. The van der Waals surface area contributed by atoms with Gasteiger partial charge in [-0.3, -0.25) is 4.79 Å². The summed E-state index contributed by atoms with van der Waals surface area (Å²) in [5.41, 5.74) is -0.174. The lowest BCUT2D eigenvalue weighted by Crippen LogP contribution is -2.39. The third-order valence-corrected chi connectivity index (χ3v) is 4.42. The third-order valence-electron chi connectivity index (χ3n) is 4.42. The topological polar surface area (TPSA) is 58.1 Å². The molecule has 1 aliphatic rings. The maximum atomic E-state index is 13.0. The molecule has 1 aromatic heterocycles. The van der Waals surface area contributed by atoms with Crippen molar-refractivity contribution in [3.8, 4) is 0 Å². The molecule has 2 heterocycles. The van der Waals surface area contributed by atoms with E-state index in [2.05, 4.69) is 15.3 Å². The molecule has 1 N–H and O–H groups in total. The zero-order valence-electron chi connectivity index (χ0n) is 14.3. The van der Waals surface area contributed by atoms with Crippen LogP contribution < -0.4 is 10.2 Å². The van der Waals surface area contributed by atoms with Crippen LogP contribution in [0.2, 0.25) is 0 Å². The number of hydrogen-bond donors (Lipinski definition) is 1. The fourth-order valence-electron chi connectivity index (χ4n) is 3.00. The zero-order chi connectivity index (χ0) is 18.7. The van der Waals surface area contributed by atoms with Gasteiger partial charge in [-0.25, -0.2) is 9.97 Å². The number of aromatic nitrogens is 2. The number of carbonyl (C=O) groups is 1. The summed E-state index contributed by atoms with van der Waals surface area (Å²) in [6, 6.07) is 6.83. The number of benzene rings is 1. The highest BCUT2D eigenvalue weighted by Gasteiger charge is 2.34. The molecule has 3 rings (SSSR count). The third kappa shape index (κ3) is 4.12. The average molecular weight is 364 g/mol. The number of alkyl halides is 3. The minimum absolute atomic E-state index is 0.200. The summed E-state index contributed by atoms with van der Waals surface area (Å²) in [6.07, 6.45) is -1.74. The van der Waals surface area contributed by atoms with E-state index in [1.807, 2.05) is 17.9 Å². The van der Waals surface area contributed by atoms with Gasteiger partial charge < -0.3 is 10.2 Å². The van der Waals surface area contributed by atoms with Crippen molar-refractivity contribution in [1.29, 1.82) is 0 Å². The van der Waals surface area contributed by atoms with Crippen molar-refractivity contribution in [2.45, 2.75) is 25.9 Å². The number of nitrogens with one attached hydrogen (secondary N) is 1. The molecule has 0 spiro atoms. The van der Waals surface area contributed by atoms with E-state index in [4.69, 9.17) is 0 Å². The number of nitrogens with zero attached hydrogens (tertiary/aromatic N) is 3. The van der Waals surface area contributed by atoms with Gasteiger partial charge >= 0.3 is 6.18 Å². The molecule has 1 aliphatic heterocycles. The van der Waals surface area contributed by atoms with E-state index < -0.39 is 11.7 Å². The second kappa shape index (κ2) is 7.31. The lowest BCUT2D eigenvalue weighted by atomic mass is 9.96. The average Bonchev–Trinajstić information content (AvgIpc) is 2.61. The van der Waals surface area contributed by atoms with Crippen LogP contribution in [0, 0.1) is 12.8 Å². The van der Waals surface area contributed by atoms with Gasteiger partial charge in [-0.2, -0.15) is 13.2 Å². The first kappa shape index (κ1) is 18.2. The second-order valence-electron chi connectivity index (χ2n) is 6.29. The van der Waals surface area contributed by atoms with Gasteiger partial charge in [-0.1, -0.05) is 12.1 Å². The minimum atomic E-state index is -4.50. The van der Waals surface area contributed by atoms with Crippen molar-refractivity contribution in [3.63, 3.8) is 0 Å². The molecule has 0 unspecified atom stereocenters. The molecule has 0 radical (unpaired) electrons. The summed E-state index contributed by atoms with van der Waals surface area (Å²) in [7, 11) is 0. The molecular weight excluding hydrogens is 345 g/mol. The van der Waals surface area contributed by atoms with E-state index in [9.17, 15) is 18.0 Å². The van der Waals surface area contributed by atoms with Gasteiger partial charge in [0.05, 0.1) is 11.3 Å². The van der Waals surface area contributed by atoms with Gasteiger partial charge in [-0.15, -0.1) is 0 Å². The Bertz CT molecular complexity index is 786. The number of piperidine rings is 1. The maximum Gasteiger partial charge on any atom is 0.418 e. The zero-order valence-corrected chi connectivity index (χ0v) is 14.3. The van der Waals surface area contributed by atoms with Crippen LogP contribution in [0.1, 0.15) is 24.1 Å². The largest absolute Gasteiger partial charge is 0.418 e. The number of amides is 1. The molecule has 1 amide bonds. The standard InChI is InChI=1S/C18H19F3N4O/c1-12-6-9-22-17(23-12)25-10-7-13(8-11-25)16(26)24-15-5-3-2-4-14(15)18(19,20)21/h2-6,9,13H,7-8,10-11H2,1H3,(H,24,26). The molecule has 8 heteroatoms. The molecule has 0 atom stereocenters. The van der Waals surface area contributed by atoms with Gasteiger partial charge in [-0.05, 0) is 38.0 Å². The molecule has 1 saturated heterocycles. The number of halogens is 3. The fourth-order valence-corrected chi connectivity index (χ4v) is 3.00. The van der Waals surface area contributed by atoms with Crippen LogP contribution in [-0.2, 0) is 11.0 Å². The van der Waals surface area contributed by atoms with Crippen LogP contribution >= 0.6 is 0 Å². The van der Waals surface area contributed by atoms with Crippen LogP contribution in [0.15, 0.2) is 36.5 Å². The Hall–Kier alpha value is -2.64. The number of rotatable bonds is 3. The lowest BCUT2D eigenvalue weighted by molar-refractivity contribution is -0.137. The molecule has 2 aromatic rings. The monoisotopic (exact) mass is 364 g/mol. The molecule has 138 valence electrons. The molecule has 0 saturated carbocycles. The number of aryl methyl sites for hydroxylation is 1. The van der Waals surface area contributed by atoms with Crippen molar-refractivity contribution >= 4 is 17.5 Å². The smallest absolute Gasteiger partial charge is 0.341 e. The molecule has 1 aromatic carbocycles. The quantitative estimate of drug-likeness (QED) is 0.903. The number of hydrogen-bond acceptors (Lipinski definition) is 4. The summed E-state index contributed by atoms with van der Waals surface area (Å²) in [5.74, 6) is -0.102. The van der Waals surface area contributed by atoms with Gasteiger partial charge in [0.15, 0.2) is 0 Å². The summed E-state index contributed by atoms with van der Waals surface area (Å²) in [4.78, 5) is 23.0. The predicted octanol–water partition coefficient (Wildman–Crippen LogP) is 3.66. The van der Waals surface area contributed by atoms with Crippen molar-refractivity contribution in [1.82, 2.24) is 9.97 Å². The summed E-state index contributed by atoms with van der Waals surface area (Å²) >= 11 is 0. The SMILES string of the molecule is Cc1ccnc(N2CCC(C(=O)Nc3ccccc3C(F)(F)F)CC2)n1. The van der Waals surface area contributed by atoms with Crippen LogP contribution in [0.4, 0.5) is 24.8 Å². The maximum absolute atomic E-state index is 13.0. The van der Waals surface area contributed by atoms with Gasteiger partial charge in [0.25, 0.3) is 0 Å². The Morgan fingerprint density at radius 3 is 2.54 bits per heavy atom. The van der Waals surface area contributed by atoms with E-state index in [0.717, 1.165) is 11.8 Å². The molecule has 0 aliphatic carbocycles. The number of anilines is 2. The molecule has 0 bridgehead atoms. The Balaban J connectivity index is 1.63. The Labute approximate surface area is 149 Å². The predicted molar refractivity (Wildman–Crippen MR) is 91.8 cm³/mol. The molecule has 26 heavy (non-hydrogen) atoms. The number of carbonyl (C=O) groups excluding carboxylic acids is 1. The lowest BCUT2D eigenvalue weighted by Gasteiger charge is -2.31. The van der Waals surface area contributed by atoms with Crippen LogP contribution in [0.3, 0.4) is 0 Å². The normalized spacial score (nSPS) is 15.8. The molecule has 5 nitrogen and oxygen atoms in total. The van der Waals surface area contributed by atoms with E-state index in [1.165, 1.54) is 18.2 Å². The van der Waals surface area contributed by atoms with Crippen LogP contribution in [-0.4, -0.2) is 29.0 Å². The van der Waals surface area contributed by atoms with Crippen molar-refractivity contribution in [3.05, 3.63) is 47.8 Å². The van der Waals surface area contributed by atoms with Crippen molar-refractivity contribution in [2.24, 2.45) is 5.92 Å². The van der Waals surface area contributed by atoms with E-state index in [0.29, 0.717) is 31.9 Å². The summed E-state index contributed by atoms with van der Waals surface area (Å²) in [6.45, 7) is 3.05. The Morgan fingerprint density at radius 1 is 1.19 bits per heavy atom. The van der Waals surface area contributed by atoms with E-state index in [1.54, 1.807) is 6.20 Å². The fraction of sp³-hybridized carbons (Fsp3) is 0.389. The highest BCUT2D eigenvalue weighted by Crippen LogP contribution is 2.35. The van der Waals surface area contributed by atoms with Crippen molar-refractivity contribution in [2.75, 3.05) is 23.3 Å². The minimum Gasteiger partial charge on any atom is -0.341 e. The van der Waals surface area contributed by atoms with Crippen LogP contribution in [0.5, 0.6) is 0 Å². The second-order valence-corrected chi connectivity index (χ2v) is 6.29. The van der Waals surface area contributed by atoms with E-state index in [-0.39, 0.29) is 17.5 Å². The van der Waals surface area contributed by atoms with Crippen LogP contribution in [0.25, 0.3) is 0 Å². The first-order valence-corrected chi connectivity index (χ1v) is 8.36. The Kier molecular flexibility index (Phi) is 5.11. The highest BCUT2D eigenvalue weighted by molar-refractivity contribution is 5.93. The first-order valence-electron chi connectivity index (χ1n) is 8.36. The van der Waals surface area contributed by atoms with Gasteiger partial charge in [0, 0.05) is 30.9 Å². The van der Waals surface area contributed by atoms with Gasteiger partial charge in [0.1, 0.15) is 0 Å².